The van der Waals surface area contributed by atoms with Gasteiger partial charge in [0, 0.05) is 12.1 Å². The maximum Gasteiger partial charge on any atom is 0.294 e. The normalized spacial score (nSPS) is 10.2. The van der Waals surface area contributed by atoms with Crippen LogP contribution in [0, 0.1) is 0 Å². The maximum absolute atomic E-state index is 11.9. The number of carbonyl (C=O) groups excluding carboxylic acids is 1. The quantitative estimate of drug-likeness (QED) is 0.782. The Morgan fingerprint density at radius 1 is 1.35 bits per heavy atom. The van der Waals surface area contributed by atoms with Gasteiger partial charge in [0.05, 0.1) is 0 Å². The van der Waals surface area contributed by atoms with Crippen molar-refractivity contribution in [1.82, 2.24) is 15.3 Å². The average molecular weight is 273 g/mol. The molecule has 2 aromatic rings. The third-order valence-electron chi connectivity index (χ3n) is 2.69. The molecule has 6 nitrogen and oxygen atoms in total. The van der Waals surface area contributed by atoms with Crippen LogP contribution in [0.4, 0.5) is 0 Å². The lowest BCUT2D eigenvalue weighted by molar-refractivity contribution is 0.0945. The number of aromatic nitrogens is 2. The number of amides is 1. The highest BCUT2D eigenvalue weighted by molar-refractivity contribution is 5.95. The van der Waals surface area contributed by atoms with Gasteiger partial charge in [-0.1, -0.05) is 37.3 Å². The van der Waals surface area contributed by atoms with Gasteiger partial charge in [0.1, 0.15) is 5.82 Å². The van der Waals surface area contributed by atoms with Crippen LogP contribution in [0.2, 0.25) is 0 Å². The van der Waals surface area contributed by atoms with E-state index < -0.39 is 17.2 Å². The fraction of sp³-hybridized carbons (Fsp3) is 0.214. The van der Waals surface area contributed by atoms with Crippen molar-refractivity contribution in [3.05, 3.63) is 46.4 Å². The highest BCUT2D eigenvalue weighted by atomic mass is 16.3. The number of hydrogen-bond donors (Lipinski definition) is 3. The average Bonchev–Trinajstić information content (AvgIpc) is 2.48. The zero-order valence-electron chi connectivity index (χ0n) is 11.0. The molecule has 6 heteroatoms. The minimum Gasteiger partial charge on any atom is -0.501 e. The monoisotopic (exact) mass is 273 g/mol. The summed E-state index contributed by atoms with van der Waals surface area (Å²) in [5, 5.41) is 12.3. The molecule has 0 saturated heterocycles. The SMILES string of the molecule is CCCNC(=O)c1nc(-c2ccccc2)[nH]c(=O)c1O. The van der Waals surface area contributed by atoms with E-state index in [9.17, 15) is 14.7 Å². The van der Waals surface area contributed by atoms with E-state index in [1.807, 2.05) is 13.0 Å². The molecule has 1 aromatic heterocycles. The summed E-state index contributed by atoms with van der Waals surface area (Å²) >= 11 is 0. The van der Waals surface area contributed by atoms with Crippen LogP contribution in [0.15, 0.2) is 35.1 Å². The number of hydrogen-bond acceptors (Lipinski definition) is 4. The van der Waals surface area contributed by atoms with Crippen molar-refractivity contribution >= 4 is 5.91 Å². The Morgan fingerprint density at radius 2 is 2.05 bits per heavy atom. The van der Waals surface area contributed by atoms with E-state index in [0.29, 0.717) is 12.1 Å². The van der Waals surface area contributed by atoms with Crippen LogP contribution in [-0.2, 0) is 0 Å². The Bertz CT molecular complexity index is 665. The number of nitrogens with one attached hydrogen (secondary N) is 2. The lowest BCUT2D eigenvalue weighted by atomic mass is 10.2. The molecule has 0 aliphatic heterocycles. The van der Waals surface area contributed by atoms with Gasteiger partial charge in [-0.3, -0.25) is 9.59 Å². The van der Waals surface area contributed by atoms with Crippen LogP contribution in [0.5, 0.6) is 5.75 Å². The zero-order valence-corrected chi connectivity index (χ0v) is 11.0. The van der Waals surface area contributed by atoms with Gasteiger partial charge in [-0.15, -0.1) is 0 Å². The van der Waals surface area contributed by atoms with E-state index in [1.165, 1.54) is 0 Å². The van der Waals surface area contributed by atoms with Crippen LogP contribution < -0.4 is 10.9 Å². The van der Waals surface area contributed by atoms with Crippen molar-refractivity contribution in [1.29, 1.82) is 0 Å². The minimum atomic E-state index is -0.736. The summed E-state index contributed by atoms with van der Waals surface area (Å²) in [6.07, 6.45) is 0.751. The van der Waals surface area contributed by atoms with Crippen LogP contribution in [0.3, 0.4) is 0 Å². The first-order valence-corrected chi connectivity index (χ1v) is 6.30. The Kier molecular flexibility index (Phi) is 4.14. The first kappa shape index (κ1) is 13.8. The van der Waals surface area contributed by atoms with Crippen molar-refractivity contribution in [2.24, 2.45) is 0 Å². The fourth-order valence-corrected chi connectivity index (χ4v) is 1.68. The smallest absolute Gasteiger partial charge is 0.294 e. The Hall–Kier alpha value is -2.63. The van der Waals surface area contributed by atoms with Crippen molar-refractivity contribution in [3.8, 4) is 17.1 Å². The lowest BCUT2D eigenvalue weighted by Gasteiger charge is -2.07. The topological polar surface area (TPSA) is 95.1 Å². The molecule has 0 saturated carbocycles. The molecular weight excluding hydrogens is 258 g/mol. The van der Waals surface area contributed by atoms with E-state index in [1.54, 1.807) is 24.3 Å². The van der Waals surface area contributed by atoms with Gasteiger partial charge in [-0.2, -0.15) is 0 Å². The van der Waals surface area contributed by atoms with Crippen molar-refractivity contribution in [2.45, 2.75) is 13.3 Å². The predicted molar refractivity (Wildman–Crippen MR) is 74.6 cm³/mol. The van der Waals surface area contributed by atoms with Gasteiger partial charge in [0.25, 0.3) is 11.5 Å². The summed E-state index contributed by atoms with van der Waals surface area (Å²) in [6.45, 7) is 2.36. The molecule has 0 aliphatic carbocycles. The van der Waals surface area contributed by atoms with E-state index in [0.717, 1.165) is 6.42 Å². The number of benzene rings is 1. The van der Waals surface area contributed by atoms with Gasteiger partial charge in [0.15, 0.2) is 5.69 Å². The molecule has 0 bridgehead atoms. The molecule has 1 amide bonds. The summed E-state index contributed by atoms with van der Waals surface area (Å²) in [5.41, 5.74) is -0.337. The molecule has 0 aliphatic rings. The predicted octanol–water partition coefficient (Wildman–Crippen LogP) is 1.28. The van der Waals surface area contributed by atoms with Crippen LogP contribution in [0.25, 0.3) is 11.4 Å². The fourth-order valence-electron chi connectivity index (χ4n) is 1.68. The van der Waals surface area contributed by atoms with Crippen LogP contribution >= 0.6 is 0 Å². The third-order valence-corrected chi connectivity index (χ3v) is 2.69. The maximum atomic E-state index is 11.9. The highest BCUT2D eigenvalue weighted by Gasteiger charge is 2.17. The molecule has 1 aromatic carbocycles. The van der Waals surface area contributed by atoms with E-state index in [4.69, 9.17) is 0 Å². The largest absolute Gasteiger partial charge is 0.501 e. The van der Waals surface area contributed by atoms with Crippen LogP contribution in [0.1, 0.15) is 23.8 Å². The van der Waals surface area contributed by atoms with E-state index in [2.05, 4.69) is 15.3 Å². The van der Waals surface area contributed by atoms with Gasteiger partial charge < -0.3 is 15.4 Å². The van der Waals surface area contributed by atoms with Gasteiger partial charge in [-0.05, 0) is 6.42 Å². The summed E-state index contributed by atoms with van der Waals surface area (Å²) in [5.74, 6) is -0.985. The zero-order chi connectivity index (χ0) is 14.5. The first-order valence-electron chi connectivity index (χ1n) is 6.30. The first-order chi connectivity index (χ1) is 9.63. The summed E-state index contributed by atoms with van der Waals surface area (Å²) in [6, 6.07) is 8.92. The second-order valence-electron chi connectivity index (χ2n) is 4.23. The van der Waals surface area contributed by atoms with Gasteiger partial charge >= 0.3 is 0 Å². The molecule has 0 atom stereocenters. The lowest BCUT2D eigenvalue weighted by Crippen LogP contribution is -2.27. The summed E-state index contributed by atoms with van der Waals surface area (Å²) in [7, 11) is 0. The molecule has 0 spiro atoms. The molecule has 104 valence electrons. The van der Waals surface area contributed by atoms with Gasteiger partial charge in [0.2, 0.25) is 5.75 Å². The van der Waals surface area contributed by atoms with Crippen molar-refractivity contribution in [3.63, 3.8) is 0 Å². The molecule has 0 fully saturated rings. The number of aromatic hydroxyl groups is 1. The van der Waals surface area contributed by atoms with Crippen LogP contribution in [-0.4, -0.2) is 27.5 Å². The Morgan fingerprint density at radius 3 is 2.70 bits per heavy atom. The summed E-state index contributed by atoms with van der Waals surface area (Å²) < 4.78 is 0. The number of nitrogens with zero attached hydrogens (tertiary/aromatic N) is 1. The summed E-state index contributed by atoms with van der Waals surface area (Å²) in [4.78, 5) is 30.0. The standard InChI is InChI=1S/C14H15N3O3/c1-2-8-15-13(19)10-11(18)14(20)17-12(16-10)9-6-4-3-5-7-9/h3-7,18H,2,8H2,1H3,(H,15,19)(H,16,17,20). The molecule has 1 heterocycles. The minimum absolute atomic E-state index is 0.245. The second-order valence-corrected chi connectivity index (χ2v) is 4.23. The van der Waals surface area contributed by atoms with Crippen molar-refractivity contribution < 1.29 is 9.90 Å². The Balaban J connectivity index is 2.45. The van der Waals surface area contributed by atoms with E-state index in [-0.39, 0.29) is 11.5 Å². The molecule has 2 rings (SSSR count). The number of rotatable bonds is 4. The highest BCUT2D eigenvalue weighted by Crippen LogP contribution is 2.16. The molecular formula is C14H15N3O3. The van der Waals surface area contributed by atoms with Crippen molar-refractivity contribution in [2.75, 3.05) is 6.54 Å². The number of carbonyl (C=O) groups is 1. The molecule has 20 heavy (non-hydrogen) atoms. The molecule has 0 unspecified atom stereocenters. The van der Waals surface area contributed by atoms with Gasteiger partial charge in [-0.25, -0.2) is 4.98 Å². The second kappa shape index (κ2) is 6.01. The third kappa shape index (κ3) is 2.85. The molecule has 3 N–H and O–H groups in total. The molecule has 0 radical (unpaired) electrons. The Labute approximate surface area is 115 Å². The number of H-pyrrole nitrogens is 1. The van der Waals surface area contributed by atoms with E-state index >= 15 is 0 Å². The number of aromatic amines is 1.